The van der Waals surface area contributed by atoms with Crippen LogP contribution in [0.4, 0.5) is 30.4 Å². The van der Waals surface area contributed by atoms with Crippen LogP contribution in [0.2, 0.25) is 0 Å². The smallest absolute Gasteiger partial charge is 0.370 e. The minimum Gasteiger partial charge on any atom is -0.370 e. The van der Waals surface area contributed by atoms with Gasteiger partial charge in [0.25, 0.3) is 11.5 Å². The summed E-state index contributed by atoms with van der Waals surface area (Å²) < 4.78 is 55.6. The maximum Gasteiger partial charge on any atom is 0.430 e. The molecule has 2 aromatic carbocycles. The van der Waals surface area contributed by atoms with Gasteiger partial charge in [-0.3, -0.25) is 14.7 Å². The Morgan fingerprint density at radius 2 is 1.81 bits per heavy atom. The number of nitriles is 1. The van der Waals surface area contributed by atoms with Crippen LogP contribution in [0.15, 0.2) is 65.7 Å². The predicted octanol–water partition coefficient (Wildman–Crippen LogP) is 6.24. The molecule has 4 heterocycles. The van der Waals surface area contributed by atoms with E-state index >= 15 is 0 Å². The Labute approximate surface area is 302 Å². The van der Waals surface area contributed by atoms with Crippen LogP contribution in [0.3, 0.4) is 0 Å². The van der Waals surface area contributed by atoms with Crippen molar-refractivity contribution in [3.05, 3.63) is 88.6 Å². The molecule has 0 unspecified atom stereocenters. The standard InChI is InChI=1S/C39H44F3N7O3/c1-6-10-32-34(15-13-28(21-43)36(32)44-4)48-22-26(2)52-30(24-48)23-46-17-19-47(20-18-46)35-16-14-31-27(3)49(25-33(31)45-35)37(50)38(51-5,39(40,41)42)29-11-8-7-9-12-29/h6-16,26-27,30H,4,17-20,22-25H2,1-3,5H3/b10-6-/t26-,27+,30+,38-/m1/s1. The van der Waals surface area contributed by atoms with Crippen molar-refractivity contribution in [2.75, 3.05) is 62.7 Å². The summed E-state index contributed by atoms with van der Waals surface area (Å²) >= 11 is 0. The van der Waals surface area contributed by atoms with Crippen molar-refractivity contribution in [1.29, 1.82) is 5.26 Å². The van der Waals surface area contributed by atoms with Gasteiger partial charge < -0.3 is 24.2 Å². The van der Waals surface area contributed by atoms with Crippen molar-refractivity contribution >= 4 is 35.9 Å². The van der Waals surface area contributed by atoms with E-state index in [0.717, 1.165) is 49.4 Å². The summed E-state index contributed by atoms with van der Waals surface area (Å²) in [5.74, 6) is -0.434. The molecule has 0 radical (unpaired) electrons. The van der Waals surface area contributed by atoms with Crippen molar-refractivity contribution in [1.82, 2.24) is 14.8 Å². The molecular formula is C39H44F3N7O3. The molecule has 0 spiro atoms. The molecule has 10 nitrogen and oxygen atoms in total. The number of anilines is 2. The minimum atomic E-state index is -4.99. The summed E-state index contributed by atoms with van der Waals surface area (Å²) in [5.41, 5.74) is 0.833. The molecule has 274 valence electrons. The van der Waals surface area contributed by atoms with E-state index in [1.165, 1.54) is 29.2 Å². The number of aromatic nitrogens is 1. The van der Waals surface area contributed by atoms with Gasteiger partial charge in [-0.25, -0.2) is 4.98 Å². The van der Waals surface area contributed by atoms with E-state index in [4.69, 9.17) is 14.5 Å². The quantitative estimate of drug-likeness (QED) is 0.240. The van der Waals surface area contributed by atoms with Gasteiger partial charge in [0.05, 0.1) is 41.7 Å². The monoisotopic (exact) mass is 715 g/mol. The number of morpholine rings is 1. The molecule has 52 heavy (non-hydrogen) atoms. The summed E-state index contributed by atoms with van der Waals surface area (Å²) in [6.07, 6.45) is -1.13. The number of carbonyl (C=O) groups is 1. The third kappa shape index (κ3) is 6.78. The van der Waals surface area contributed by atoms with Crippen LogP contribution < -0.4 is 9.80 Å². The molecule has 3 aromatic rings. The van der Waals surface area contributed by atoms with Crippen LogP contribution in [0.5, 0.6) is 0 Å². The summed E-state index contributed by atoms with van der Waals surface area (Å²) in [7, 11) is 0.923. The molecule has 2 fully saturated rings. The molecular weight excluding hydrogens is 671 g/mol. The van der Waals surface area contributed by atoms with Crippen LogP contribution in [0.1, 0.15) is 54.8 Å². The molecule has 0 saturated carbocycles. The number of hydrogen-bond donors (Lipinski definition) is 0. The average molecular weight is 716 g/mol. The van der Waals surface area contributed by atoms with Crippen LogP contribution in [0, 0.1) is 11.3 Å². The number of rotatable bonds is 9. The van der Waals surface area contributed by atoms with Gasteiger partial charge in [0.2, 0.25) is 0 Å². The molecule has 2 saturated heterocycles. The first-order valence-corrected chi connectivity index (χ1v) is 17.5. The van der Waals surface area contributed by atoms with E-state index in [1.54, 1.807) is 19.1 Å². The Morgan fingerprint density at radius 1 is 1.08 bits per heavy atom. The third-order valence-electron chi connectivity index (χ3n) is 10.3. The van der Waals surface area contributed by atoms with Crippen LogP contribution in [0.25, 0.3) is 6.08 Å². The number of methoxy groups -OCH3 is 1. The third-order valence-corrected chi connectivity index (χ3v) is 10.3. The van der Waals surface area contributed by atoms with Crippen LogP contribution in [-0.4, -0.2) is 98.7 Å². The molecule has 4 atom stereocenters. The van der Waals surface area contributed by atoms with E-state index in [0.29, 0.717) is 43.1 Å². The number of halogens is 3. The lowest BCUT2D eigenvalue weighted by atomic mass is 9.90. The summed E-state index contributed by atoms with van der Waals surface area (Å²) in [5, 5.41) is 9.62. The Balaban J connectivity index is 1.11. The van der Waals surface area contributed by atoms with Gasteiger partial charge in [-0.2, -0.15) is 18.4 Å². The highest BCUT2D eigenvalue weighted by atomic mass is 19.4. The highest BCUT2D eigenvalue weighted by Crippen LogP contribution is 2.46. The Morgan fingerprint density at radius 3 is 2.44 bits per heavy atom. The molecule has 0 aliphatic carbocycles. The topological polar surface area (TPSA) is 97.5 Å². The number of nitrogens with zero attached hydrogens (tertiary/aromatic N) is 7. The highest BCUT2D eigenvalue weighted by molar-refractivity contribution is 5.88. The first-order chi connectivity index (χ1) is 24.9. The number of alkyl halides is 3. The second-order valence-electron chi connectivity index (χ2n) is 13.5. The number of piperazine rings is 1. The number of hydrogen-bond acceptors (Lipinski definition) is 9. The fourth-order valence-electron chi connectivity index (χ4n) is 7.76. The predicted molar refractivity (Wildman–Crippen MR) is 195 cm³/mol. The van der Waals surface area contributed by atoms with Gasteiger partial charge in [-0.1, -0.05) is 48.6 Å². The number of ether oxygens (including phenoxy) is 2. The van der Waals surface area contributed by atoms with E-state index in [9.17, 15) is 23.2 Å². The van der Waals surface area contributed by atoms with Gasteiger partial charge in [-0.15, -0.1) is 0 Å². The lowest BCUT2D eigenvalue weighted by Crippen LogP contribution is -2.56. The number of fused-ring (bicyclic) bond motifs is 1. The zero-order chi connectivity index (χ0) is 37.2. The highest BCUT2D eigenvalue weighted by Gasteiger charge is 2.64. The van der Waals surface area contributed by atoms with Gasteiger partial charge in [0, 0.05) is 69.7 Å². The fourth-order valence-corrected chi connectivity index (χ4v) is 7.76. The van der Waals surface area contributed by atoms with Crippen LogP contribution in [-0.2, 0) is 26.4 Å². The van der Waals surface area contributed by atoms with Gasteiger partial charge >= 0.3 is 6.18 Å². The average Bonchev–Trinajstić information content (AvgIpc) is 3.47. The lowest BCUT2D eigenvalue weighted by molar-refractivity contribution is -0.271. The first kappa shape index (κ1) is 37.0. The lowest BCUT2D eigenvalue weighted by Gasteiger charge is -2.42. The number of pyridine rings is 1. The van der Waals surface area contributed by atoms with E-state index in [-0.39, 0.29) is 24.3 Å². The van der Waals surface area contributed by atoms with Crippen LogP contribution >= 0.6 is 0 Å². The fraction of sp³-hybridized carbons (Fsp3) is 0.436. The van der Waals surface area contributed by atoms with E-state index < -0.39 is 23.7 Å². The van der Waals surface area contributed by atoms with Gasteiger partial charge in [-0.05, 0) is 51.3 Å². The molecule has 6 rings (SSSR count). The van der Waals surface area contributed by atoms with Crippen molar-refractivity contribution in [3.8, 4) is 6.07 Å². The molecule has 1 amide bonds. The zero-order valence-corrected chi connectivity index (χ0v) is 29.9. The Hall–Kier alpha value is -4.77. The first-order valence-electron chi connectivity index (χ1n) is 17.5. The van der Waals surface area contributed by atoms with Gasteiger partial charge in [0.1, 0.15) is 11.9 Å². The van der Waals surface area contributed by atoms with Crippen molar-refractivity contribution in [2.45, 2.75) is 57.3 Å². The number of benzene rings is 2. The maximum absolute atomic E-state index is 14.7. The maximum atomic E-state index is 14.7. The Bertz CT molecular complexity index is 1860. The molecule has 3 aliphatic heterocycles. The summed E-state index contributed by atoms with van der Waals surface area (Å²) in [4.78, 5) is 31.0. The van der Waals surface area contributed by atoms with E-state index in [1.807, 2.05) is 37.3 Å². The number of carbonyl (C=O) groups excluding carboxylic acids is 1. The molecule has 13 heteroatoms. The molecule has 0 N–H and O–H groups in total. The summed E-state index contributed by atoms with van der Waals surface area (Å²) in [6, 6.07) is 16.2. The van der Waals surface area contributed by atoms with Crippen molar-refractivity contribution in [3.63, 3.8) is 0 Å². The molecule has 1 aromatic heterocycles. The van der Waals surface area contributed by atoms with Crippen molar-refractivity contribution < 1.29 is 27.4 Å². The second kappa shape index (κ2) is 15.1. The SMILES string of the molecule is C=Nc1c(C#N)ccc(N2C[C@H](CN3CCN(c4ccc5c(n4)CN(C(=O)[C@](OC)(c4ccccc4)C(F)(F)F)[C@H]5C)CC3)O[C@H](C)C2)c1/C=C\C. The van der Waals surface area contributed by atoms with Gasteiger partial charge in [0.15, 0.2) is 0 Å². The van der Waals surface area contributed by atoms with Crippen molar-refractivity contribution in [2.24, 2.45) is 4.99 Å². The Kier molecular flexibility index (Phi) is 10.7. The van der Waals surface area contributed by atoms with E-state index in [2.05, 4.69) is 39.4 Å². The minimum absolute atomic E-state index is 0.00314. The largest absolute Gasteiger partial charge is 0.430 e. The number of allylic oxidation sites excluding steroid dienone is 1. The summed E-state index contributed by atoms with van der Waals surface area (Å²) in [6.45, 7) is 14.5. The molecule has 3 aliphatic rings. The zero-order valence-electron chi connectivity index (χ0n) is 29.9. The normalized spacial score (nSPS) is 22.3. The number of aliphatic imine (C=N–C) groups is 1. The molecule has 0 bridgehead atoms. The second-order valence-corrected chi connectivity index (χ2v) is 13.5. The number of amides is 1.